The second-order valence-corrected chi connectivity index (χ2v) is 12.5. The topological polar surface area (TPSA) is 88.1 Å². The molecule has 1 aliphatic heterocycles. The van der Waals surface area contributed by atoms with E-state index in [-0.39, 0.29) is 25.0 Å². The van der Waals surface area contributed by atoms with E-state index in [4.69, 9.17) is 9.47 Å². The van der Waals surface area contributed by atoms with Crippen LogP contribution < -0.4 is 10.1 Å². The summed E-state index contributed by atoms with van der Waals surface area (Å²) >= 11 is 0. The largest absolute Gasteiger partial charge is 0.497 e. The van der Waals surface area contributed by atoms with Crippen LogP contribution in [0.2, 0.25) is 0 Å². The third-order valence-electron chi connectivity index (χ3n) is 9.84. The number of aliphatic carboxylic acids is 1. The molecule has 5 aromatic rings. The van der Waals surface area contributed by atoms with Crippen molar-refractivity contribution in [3.8, 4) is 16.9 Å². The molecule has 1 fully saturated rings. The van der Waals surface area contributed by atoms with Crippen LogP contribution in [0.25, 0.3) is 11.1 Å². The Hall–Kier alpha value is -5.40. The van der Waals surface area contributed by atoms with Gasteiger partial charge in [-0.05, 0) is 63.4 Å². The van der Waals surface area contributed by atoms with E-state index in [1.165, 1.54) is 4.90 Å². The molecule has 2 aliphatic rings. The molecule has 0 aromatic heterocycles. The third-order valence-corrected chi connectivity index (χ3v) is 9.84. The molecule has 1 saturated heterocycles. The highest BCUT2D eigenvalue weighted by molar-refractivity contribution is 5.81. The monoisotopic (exact) mass is 638 g/mol. The Morgan fingerprint density at radius 1 is 0.750 bits per heavy atom. The number of carboxylic acid groups (broad SMARTS) is 1. The molecule has 242 valence electrons. The van der Waals surface area contributed by atoms with Gasteiger partial charge in [-0.2, -0.15) is 0 Å². The number of nitrogens with zero attached hydrogens (tertiary/aromatic N) is 1. The molecule has 7 heteroatoms. The highest BCUT2D eigenvalue weighted by Crippen LogP contribution is 2.45. The summed E-state index contributed by atoms with van der Waals surface area (Å²) in [4.78, 5) is 27.5. The van der Waals surface area contributed by atoms with E-state index in [0.29, 0.717) is 13.0 Å². The Morgan fingerprint density at radius 3 is 1.81 bits per heavy atom. The predicted octanol–water partition coefficient (Wildman–Crippen LogP) is 7.30. The number of benzene rings is 5. The number of likely N-dealkylation sites (tertiary alicyclic amines) is 1. The smallest absolute Gasteiger partial charge is 0.410 e. The Labute approximate surface area is 280 Å². The first kappa shape index (κ1) is 31.2. The van der Waals surface area contributed by atoms with Gasteiger partial charge in [0, 0.05) is 19.0 Å². The number of carboxylic acids is 1. The second-order valence-electron chi connectivity index (χ2n) is 12.5. The molecule has 7 rings (SSSR count). The van der Waals surface area contributed by atoms with Crippen molar-refractivity contribution in [3.63, 3.8) is 0 Å². The molecule has 0 saturated carbocycles. The van der Waals surface area contributed by atoms with Gasteiger partial charge in [-0.3, -0.25) is 10.2 Å². The Morgan fingerprint density at radius 2 is 1.27 bits per heavy atom. The van der Waals surface area contributed by atoms with Crippen molar-refractivity contribution in [2.45, 2.75) is 23.9 Å². The first-order valence-corrected chi connectivity index (χ1v) is 16.3. The van der Waals surface area contributed by atoms with E-state index < -0.39 is 23.6 Å². The standard InChI is InChI=1S/C41H38N2O5/c1-47-32-22-20-31(21-23-32)41(29-12-4-2-5-13-29,30-14-6-3-7-15-30)42-25-28-24-38(39(44)45)43(26-28)40(46)48-27-37-35-18-10-8-16-33(35)34-17-9-11-19-36(34)37/h2-23,28,37-38,42H,24-27H2,1H3,(H,44,45)/t28-,38-/m0/s1. The van der Waals surface area contributed by atoms with Crippen LogP contribution in [-0.2, 0) is 15.1 Å². The summed E-state index contributed by atoms with van der Waals surface area (Å²) in [6.07, 6.45) is -0.284. The number of hydrogen-bond donors (Lipinski definition) is 2. The lowest BCUT2D eigenvalue weighted by atomic mass is 9.76. The molecule has 48 heavy (non-hydrogen) atoms. The molecule has 0 unspecified atom stereocenters. The highest BCUT2D eigenvalue weighted by Gasteiger charge is 2.43. The van der Waals surface area contributed by atoms with E-state index in [0.717, 1.165) is 44.7 Å². The van der Waals surface area contributed by atoms with Crippen LogP contribution in [0.5, 0.6) is 5.75 Å². The number of carbonyl (C=O) groups is 2. The second kappa shape index (κ2) is 13.4. The first-order valence-electron chi connectivity index (χ1n) is 16.3. The summed E-state index contributed by atoms with van der Waals surface area (Å²) in [6.45, 7) is 0.872. The zero-order valence-corrected chi connectivity index (χ0v) is 26.8. The van der Waals surface area contributed by atoms with Crippen molar-refractivity contribution in [2.75, 3.05) is 26.8 Å². The van der Waals surface area contributed by atoms with Gasteiger partial charge in [-0.1, -0.05) is 121 Å². The lowest BCUT2D eigenvalue weighted by Gasteiger charge is -2.38. The van der Waals surface area contributed by atoms with Gasteiger partial charge in [0.1, 0.15) is 18.4 Å². The van der Waals surface area contributed by atoms with Crippen molar-refractivity contribution < 1.29 is 24.2 Å². The fraction of sp³-hybridized carbons (Fsp3) is 0.220. The van der Waals surface area contributed by atoms with Crippen LogP contribution in [0.1, 0.15) is 40.2 Å². The summed E-state index contributed by atoms with van der Waals surface area (Å²) in [5.74, 6) is -0.505. The van der Waals surface area contributed by atoms with Crippen LogP contribution in [0.15, 0.2) is 133 Å². The number of carbonyl (C=O) groups excluding carboxylic acids is 1. The van der Waals surface area contributed by atoms with Gasteiger partial charge in [0.2, 0.25) is 0 Å². The molecule has 0 bridgehead atoms. The minimum atomic E-state index is -1.03. The predicted molar refractivity (Wildman–Crippen MR) is 185 cm³/mol. The molecule has 2 atom stereocenters. The van der Waals surface area contributed by atoms with Crippen LogP contribution in [0.3, 0.4) is 0 Å². The quantitative estimate of drug-likeness (QED) is 0.156. The van der Waals surface area contributed by atoms with Crippen molar-refractivity contribution in [2.24, 2.45) is 5.92 Å². The number of rotatable bonds is 10. The molecular weight excluding hydrogens is 600 g/mol. The van der Waals surface area contributed by atoms with Crippen molar-refractivity contribution in [3.05, 3.63) is 161 Å². The Kier molecular flexibility index (Phi) is 8.70. The van der Waals surface area contributed by atoms with Crippen LogP contribution >= 0.6 is 0 Å². The van der Waals surface area contributed by atoms with Gasteiger partial charge in [0.25, 0.3) is 0 Å². The maximum atomic E-state index is 13.6. The summed E-state index contributed by atoms with van der Waals surface area (Å²) in [7, 11) is 1.65. The fourth-order valence-corrected chi connectivity index (χ4v) is 7.50. The molecule has 2 N–H and O–H groups in total. The summed E-state index contributed by atoms with van der Waals surface area (Å²) in [5.41, 5.74) is 6.86. The zero-order chi connectivity index (χ0) is 33.1. The van der Waals surface area contributed by atoms with Gasteiger partial charge in [0.15, 0.2) is 0 Å². The molecule has 1 amide bonds. The molecule has 1 aliphatic carbocycles. The average molecular weight is 639 g/mol. The Bertz CT molecular complexity index is 1810. The summed E-state index contributed by atoms with van der Waals surface area (Å²) < 4.78 is 11.4. The maximum absolute atomic E-state index is 13.6. The highest BCUT2D eigenvalue weighted by atomic mass is 16.6. The number of amides is 1. The SMILES string of the molecule is COc1ccc(C(NC[C@@H]2C[C@@H](C(=O)O)N(C(=O)OCC3c4ccccc4-c4ccccc43)C2)(c2ccccc2)c2ccccc2)cc1. The maximum Gasteiger partial charge on any atom is 0.410 e. The average Bonchev–Trinajstić information content (AvgIpc) is 3.72. The van der Waals surface area contributed by atoms with E-state index >= 15 is 0 Å². The normalized spacial score (nSPS) is 17.1. The van der Waals surface area contributed by atoms with Gasteiger partial charge in [-0.15, -0.1) is 0 Å². The van der Waals surface area contributed by atoms with Crippen molar-refractivity contribution in [1.29, 1.82) is 0 Å². The number of fused-ring (bicyclic) bond motifs is 3. The minimum Gasteiger partial charge on any atom is -0.497 e. The van der Waals surface area contributed by atoms with E-state index in [1.54, 1.807) is 7.11 Å². The van der Waals surface area contributed by atoms with Gasteiger partial charge >= 0.3 is 12.1 Å². The van der Waals surface area contributed by atoms with Gasteiger partial charge in [0.05, 0.1) is 12.6 Å². The first-order chi connectivity index (χ1) is 23.5. The molecule has 1 heterocycles. The lowest BCUT2D eigenvalue weighted by molar-refractivity contribution is -0.141. The van der Waals surface area contributed by atoms with Crippen LogP contribution in [0, 0.1) is 5.92 Å². The van der Waals surface area contributed by atoms with Crippen molar-refractivity contribution >= 4 is 12.1 Å². The third kappa shape index (κ3) is 5.71. The van der Waals surface area contributed by atoms with Gasteiger partial charge in [-0.25, -0.2) is 9.59 Å². The molecular formula is C41H38N2O5. The lowest BCUT2D eigenvalue weighted by Crippen LogP contribution is -2.47. The van der Waals surface area contributed by atoms with E-state index in [1.807, 2.05) is 72.8 Å². The Balaban J connectivity index is 1.13. The number of ether oxygens (including phenoxy) is 2. The van der Waals surface area contributed by atoms with E-state index in [2.05, 4.69) is 66.0 Å². The summed E-state index contributed by atoms with van der Waals surface area (Å²) in [6, 6.07) is 43.8. The minimum absolute atomic E-state index is 0.105. The number of nitrogens with one attached hydrogen (secondary N) is 1. The zero-order valence-electron chi connectivity index (χ0n) is 26.8. The molecule has 5 aromatic carbocycles. The fourth-order valence-electron chi connectivity index (χ4n) is 7.50. The van der Waals surface area contributed by atoms with Gasteiger partial charge < -0.3 is 14.6 Å². The van der Waals surface area contributed by atoms with Crippen LogP contribution in [-0.4, -0.2) is 54.9 Å². The summed E-state index contributed by atoms with van der Waals surface area (Å²) in [5, 5.41) is 14.1. The number of hydrogen-bond acceptors (Lipinski definition) is 5. The van der Waals surface area contributed by atoms with E-state index in [9.17, 15) is 14.7 Å². The van der Waals surface area contributed by atoms with Crippen LogP contribution in [0.4, 0.5) is 4.79 Å². The van der Waals surface area contributed by atoms with Crippen molar-refractivity contribution in [1.82, 2.24) is 10.2 Å². The molecule has 7 nitrogen and oxygen atoms in total. The number of methoxy groups -OCH3 is 1. The molecule has 0 radical (unpaired) electrons. The molecule has 0 spiro atoms.